The Balaban J connectivity index is 2.37. The Hall–Kier alpha value is -1.92. The van der Waals surface area contributed by atoms with E-state index in [1.165, 1.54) is 6.07 Å². The molecule has 0 saturated carbocycles. The lowest BCUT2D eigenvalue weighted by atomic mass is 10.2. The Bertz CT molecular complexity index is 632. The fourth-order valence-corrected chi connectivity index (χ4v) is 2.20. The summed E-state index contributed by atoms with van der Waals surface area (Å²) in [4.78, 5) is 10.5. The van der Waals surface area contributed by atoms with Crippen molar-refractivity contribution in [3.8, 4) is 11.5 Å². The number of nitrogens with zero attached hydrogens (tertiary/aromatic N) is 1. The molecule has 0 aliphatic heterocycles. The molecule has 0 aromatic heterocycles. The molecule has 104 valence electrons. The number of hydrogen-bond donors (Lipinski definition) is 1. The minimum absolute atomic E-state index is 0.0502. The summed E-state index contributed by atoms with van der Waals surface area (Å²) in [6, 6.07) is 11.9. The van der Waals surface area contributed by atoms with Gasteiger partial charge in [0.2, 0.25) is 5.75 Å². The van der Waals surface area contributed by atoms with Gasteiger partial charge in [-0.05, 0) is 31.3 Å². The van der Waals surface area contributed by atoms with Crippen LogP contribution < -0.4 is 10.1 Å². The number of nitrogens with one attached hydrogen (secondary N) is 1. The van der Waals surface area contributed by atoms with Gasteiger partial charge < -0.3 is 10.1 Å². The molecular formula is C14H13BrN2O3. The van der Waals surface area contributed by atoms with Gasteiger partial charge in [0.05, 0.1) is 4.92 Å². The van der Waals surface area contributed by atoms with E-state index in [9.17, 15) is 10.1 Å². The topological polar surface area (TPSA) is 64.4 Å². The summed E-state index contributed by atoms with van der Waals surface area (Å²) >= 11 is 3.40. The van der Waals surface area contributed by atoms with Crippen molar-refractivity contribution < 1.29 is 9.66 Å². The zero-order valence-electron chi connectivity index (χ0n) is 10.8. The molecule has 20 heavy (non-hydrogen) atoms. The second kappa shape index (κ2) is 6.49. The molecule has 5 nitrogen and oxygen atoms in total. The Morgan fingerprint density at radius 2 is 2.00 bits per heavy atom. The van der Waals surface area contributed by atoms with Gasteiger partial charge in [-0.15, -0.1) is 0 Å². The van der Waals surface area contributed by atoms with Crippen molar-refractivity contribution in [3.63, 3.8) is 0 Å². The fourth-order valence-electron chi connectivity index (χ4n) is 1.79. The number of hydrogen-bond acceptors (Lipinski definition) is 4. The van der Waals surface area contributed by atoms with Crippen LogP contribution in [0.5, 0.6) is 11.5 Å². The van der Waals surface area contributed by atoms with E-state index in [0.717, 1.165) is 10.0 Å². The van der Waals surface area contributed by atoms with Crippen LogP contribution in [0.3, 0.4) is 0 Å². The van der Waals surface area contributed by atoms with E-state index in [-0.39, 0.29) is 11.4 Å². The van der Waals surface area contributed by atoms with E-state index < -0.39 is 4.92 Å². The molecule has 0 radical (unpaired) electrons. The predicted molar refractivity (Wildman–Crippen MR) is 80.1 cm³/mol. The third kappa shape index (κ3) is 3.34. The van der Waals surface area contributed by atoms with Crippen molar-refractivity contribution in [2.75, 3.05) is 7.05 Å². The van der Waals surface area contributed by atoms with Crippen molar-refractivity contribution in [1.29, 1.82) is 0 Å². The Morgan fingerprint density at radius 1 is 1.25 bits per heavy atom. The average molecular weight is 337 g/mol. The summed E-state index contributed by atoms with van der Waals surface area (Å²) in [6.07, 6.45) is 0. The molecule has 0 unspecified atom stereocenters. The highest BCUT2D eigenvalue weighted by Crippen LogP contribution is 2.33. The summed E-state index contributed by atoms with van der Waals surface area (Å²) in [7, 11) is 1.83. The van der Waals surface area contributed by atoms with Crippen molar-refractivity contribution in [1.82, 2.24) is 5.32 Å². The summed E-state index contributed by atoms with van der Waals surface area (Å²) in [5.74, 6) is 0.828. The number of nitro groups is 1. The molecule has 0 fully saturated rings. The minimum Gasteiger partial charge on any atom is -0.450 e. The number of nitro benzene ring substituents is 1. The lowest BCUT2D eigenvalue weighted by Crippen LogP contribution is -2.06. The number of halogens is 1. The molecular weight excluding hydrogens is 324 g/mol. The van der Waals surface area contributed by atoms with Crippen molar-refractivity contribution >= 4 is 21.6 Å². The van der Waals surface area contributed by atoms with Crippen LogP contribution in [0.2, 0.25) is 0 Å². The standard InChI is InChI=1S/C14H13BrN2O3/c1-16-9-10-8-11(15)6-7-13(10)20-14-5-3-2-4-12(14)17(18)19/h2-8,16H,9H2,1H3. The molecule has 0 saturated heterocycles. The zero-order valence-corrected chi connectivity index (χ0v) is 12.4. The molecule has 2 aromatic carbocycles. The second-order valence-electron chi connectivity index (χ2n) is 4.11. The largest absolute Gasteiger partial charge is 0.450 e. The first kappa shape index (κ1) is 14.5. The van der Waals surface area contributed by atoms with E-state index in [2.05, 4.69) is 21.2 Å². The van der Waals surface area contributed by atoms with Gasteiger partial charge in [0.1, 0.15) is 5.75 Å². The minimum atomic E-state index is -0.452. The van der Waals surface area contributed by atoms with E-state index in [4.69, 9.17) is 4.74 Å². The molecule has 0 spiro atoms. The van der Waals surface area contributed by atoms with E-state index in [0.29, 0.717) is 12.3 Å². The lowest BCUT2D eigenvalue weighted by Gasteiger charge is -2.11. The van der Waals surface area contributed by atoms with Crippen LogP contribution in [0.4, 0.5) is 5.69 Å². The maximum atomic E-state index is 11.0. The second-order valence-corrected chi connectivity index (χ2v) is 5.02. The molecule has 1 N–H and O–H groups in total. The third-order valence-corrected chi connectivity index (χ3v) is 3.16. The van der Waals surface area contributed by atoms with Gasteiger partial charge in [-0.25, -0.2) is 0 Å². The first-order valence-electron chi connectivity index (χ1n) is 5.96. The maximum absolute atomic E-state index is 11.0. The zero-order chi connectivity index (χ0) is 14.5. The van der Waals surface area contributed by atoms with Crippen LogP contribution in [0.15, 0.2) is 46.9 Å². The highest BCUT2D eigenvalue weighted by Gasteiger charge is 2.15. The quantitative estimate of drug-likeness (QED) is 0.664. The lowest BCUT2D eigenvalue weighted by molar-refractivity contribution is -0.385. The monoisotopic (exact) mass is 336 g/mol. The van der Waals surface area contributed by atoms with Crippen LogP contribution in [0.1, 0.15) is 5.56 Å². The van der Waals surface area contributed by atoms with E-state index in [1.54, 1.807) is 24.3 Å². The summed E-state index contributed by atoms with van der Waals surface area (Å²) < 4.78 is 6.64. The van der Waals surface area contributed by atoms with Crippen LogP contribution in [-0.2, 0) is 6.54 Å². The molecule has 0 bridgehead atoms. The van der Waals surface area contributed by atoms with E-state index >= 15 is 0 Å². The molecule has 0 amide bonds. The van der Waals surface area contributed by atoms with Crippen molar-refractivity contribution in [3.05, 3.63) is 62.6 Å². The molecule has 0 atom stereocenters. The van der Waals surface area contributed by atoms with Gasteiger partial charge in [0, 0.05) is 22.6 Å². The summed E-state index contributed by atoms with van der Waals surface area (Å²) in [5.41, 5.74) is 0.867. The van der Waals surface area contributed by atoms with Crippen LogP contribution in [0.25, 0.3) is 0 Å². The molecule has 0 aliphatic rings. The maximum Gasteiger partial charge on any atom is 0.311 e. The van der Waals surface area contributed by atoms with Gasteiger partial charge in [-0.3, -0.25) is 10.1 Å². The fraction of sp³-hybridized carbons (Fsp3) is 0.143. The van der Waals surface area contributed by atoms with Crippen LogP contribution in [-0.4, -0.2) is 12.0 Å². The van der Waals surface area contributed by atoms with Gasteiger partial charge in [0.25, 0.3) is 0 Å². The first-order chi connectivity index (χ1) is 9.61. The van der Waals surface area contributed by atoms with Gasteiger partial charge >= 0.3 is 5.69 Å². The van der Waals surface area contributed by atoms with Crippen LogP contribution >= 0.6 is 15.9 Å². The third-order valence-electron chi connectivity index (χ3n) is 2.67. The highest BCUT2D eigenvalue weighted by atomic mass is 79.9. The average Bonchev–Trinajstić information content (AvgIpc) is 2.42. The Morgan fingerprint density at radius 3 is 2.70 bits per heavy atom. The number of ether oxygens (including phenoxy) is 1. The van der Waals surface area contributed by atoms with Crippen molar-refractivity contribution in [2.24, 2.45) is 0 Å². The number of rotatable bonds is 5. The summed E-state index contributed by atoms with van der Waals surface area (Å²) in [6.45, 7) is 0.607. The van der Waals surface area contributed by atoms with E-state index in [1.807, 2.05) is 19.2 Å². The highest BCUT2D eigenvalue weighted by molar-refractivity contribution is 9.10. The van der Waals surface area contributed by atoms with Gasteiger partial charge in [-0.1, -0.05) is 28.1 Å². The molecule has 2 rings (SSSR count). The van der Waals surface area contributed by atoms with Crippen molar-refractivity contribution in [2.45, 2.75) is 6.54 Å². The molecule has 2 aromatic rings. The number of para-hydroxylation sites is 2. The Labute approximate surface area is 124 Å². The van der Waals surface area contributed by atoms with Crippen LogP contribution in [0, 0.1) is 10.1 Å². The Kier molecular flexibility index (Phi) is 4.70. The molecule has 0 aliphatic carbocycles. The molecule has 0 heterocycles. The first-order valence-corrected chi connectivity index (χ1v) is 6.75. The summed E-state index contributed by atoms with van der Waals surface area (Å²) in [5, 5.41) is 14.0. The van der Waals surface area contributed by atoms with Gasteiger partial charge in [0.15, 0.2) is 0 Å². The molecule has 6 heteroatoms. The SMILES string of the molecule is CNCc1cc(Br)ccc1Oc1ccccc1[N+](=O)[O-]. The predicted octanol–water partition coefficient (Wildman–Crippen LogP) is 3.87. The van der Waals surface area contributed by atoms with Gasteiger partial charge in [-0.2, -0.15) is 0 Å². The smallest absolute Gasteiger partial charge is 0.311 e. The normalized spacial score (nSPS) is 10.3. The number of benzene rings is 2.